The van der Waals surface area contributed by atoms with Gasteiger partial charge >= 0.3 is 5.97 Å². The van der Waals surface area contributed by atoms with Crippen molar-refractivity contribution >= 4 is 17.7 Å². The number of carbonyl (C=O) groups excluding carboxylic acids is 1. The highest BCUT2D eigenvalue weighted by atomic mass is 16.4. The molecule has 0 atom stereocenters. The molecule has 1 amide bonds. The van der Waals surface area contributed by atoms with Crippen LogP contribution in [0.25, 0.3) is 0 Å². The minimum absolute atomic E-state index is 0.00919. The lowest BCUT2D eigenvalue weighted by Gasteiger charge is -2.09. The number of carboxylic acids is 1. The molecule has 1 aromatic rings. The van der Waals surface area contributed by atoms with Gasteiger partial charge in [-0.15, -0.1) is 0 Å². The average Bonchev–Trinajstić information content (AvgIpc) is 2.36. The summed E-state index contributed by atoms with van der Waals surface area (Å²) in [6, 6.07) is 3.11. The van der Waals surface area contributed by atoms with Crippen molar-refractivity contribution < 1.29 is 14.7 Å². The normalized spacial score (nSPS) is 10.4. The summed E-state index contributed by atoms with van der Waals surface area (Å²) in [5, 5.41) is 14.7. The number of rotatable bonds is 7. The SMILES string of the molecule is Cc1nc(NCCC(=O)NCC(C)C)ccc1C(=O)O. The van der Waals surface area contributed by atoms with Crippen LogP contribution in [0.5, 0.6) is 0 Å². The molecule has 0 aromatic carbocycles. The standard InChI is InChI=1S/C14H21N3O3/c1-9(2)8-16-13(18)6-7-15-12-5-4-11(14(19)20)10(3)17-12/h4-5,9H,6-8H2,1-3H3,(H,15,17)(H,16,18)(H,19,20). The number of nitrogens with one attached hydrogen (secondary N) is 2. The Morgan fingerprint density at radius 1 is 1.35 bits per heavy atom. The number of hydrogen-bond donors (Lipinski definition) is 3. The third-order valence-corrected chi connectivity index (χ3v) is 2.68. The molecule has 0 aliphatic heterocycles. The highest BCUT2D eigenvalue weighted by Gasteiger charge is 2.08. The molecule has 0 radical (unpaired) electrons. The molecular weight excluding hydrogens is 258 g/mol. The van der Waals surface area contributed by atoms with Gasteiger partial charge in [-0.2, -0.15) is 0 Å². The van der Waals surface area contributed by atoms with E-state index in [2.05, 4.69) is 15.6 Å². The van der Waals surface area contributed by atoms with Gasteiger partial charge in [0.15, 0.2) is 0 Å². The van der Waals surface area contributed by atoms with Gasteiger partial charge in [0.05, 0.1) is 11.3 Å². The van der Waals surface area contributed by atoms with E-state index in [0.29, 0.717) is 36.9 Å². The van der Waals surface area contributed by atoms with Gasteiger partial charge in [-0.05, 0) is 25.0 Å². The molecule has 20 heavy (non-hydrogen) atoms. The van der Waals surface area contributed by atoms with E-state index in [1.54, 1.807) is 13.0 Å². The fraction of sp³-hybridized carbons (Fsp3) is 0.500. The van der Waals surface area contributed by atoms with Crippen LogP contribution >= 0.6 is 0 Å². The molecule has 6 heteroatoms. The Hall–Kier alpha value is -2.11. The van der Waals surface area contributed by atoms with Gasteiger partial charge in [0.25, 0.3) is 0 Å². The Labute approximate surface area is 118 Å². The van der Waals surface area contributed by atoms with E-state index >= 15 is 0 Å². The second-order valence-corrected chi connectivity index (χ2v) is 5.01. The summed E-state index contributed by atoms with van der Waals surface area (Å²) in [5.41, 5.74) is 0.636. The van der Waals surface area contributed by atoms with Crippen molar-refractivity contribution in [3.8, 4) is 0 Å². The molecule has 6 nitrogen and oxygen atoms in total. The van der Waals surface area contributed by atoms with Crippen molar-refractivity contribution in [1.82, 2.24) is 10.3 Å². The van der Waals surface area contributed by atoms with E-state index in [4.69, 9.17) is 5.11 Å². The third-order valence-electron chi connectivity index (χ3n) is 2.68. The highest BCUT2D eigenvalue weighted by Crippen LogP contribution is 2.10. The van der Waals surface area contributed by atoms with Crippen LogP contribution in [-0.2, 0) is 4.79 Å². The van der Waals surface area contributed by atoms with E-state index in [-0.39, 0.29) is 11.5 Å². The summed E-state index contributed by atoms with van der Waals surface area (Å²) < 4.78 is 0. The van der Waals surface area contributed by atoms with Gasteiger partial charge in [0.2, 0.25) is 5.91 Å². The first-order valence-electron chi connectivity index (χ1n) is 6.61. The van der Waals surface area contributed by atoms with Crippen LogP contribution in [0, 0.1) is 12.8 Å². The summed E-state index contributed by atoms with van der Waals surface area (Å²) in [6.45, 7) is 6.85. The van der Waals surface area contributed by atoms with E-state index in [1.807, 2.05) is 13.8 Å². The van der Waals surface area contributed by atoms with Crippen molar-refractivity contribution in [3.63, 3.8) is 0 Å². The Kier molecular flexibility index (Phi) is 5.96. The maximum Gasteiger partial charge on any atom is 0.337 e. The lowest BCUT2D eigenvalue weighted by atomic mass is 10.2. The van der Waals surface area contributed by atoms with Crippen molar-refractivity contribution in [1.29, 1.82) is 0 Å². The second-order valence-electron chi connectivity index (χ2n) is 5.01. The largest absolute Gasteiger partial charge is 0.478 e. The number of aromatic carboxylic acids is 1. The molecule has 3 N–H and O–H groups in total. The predicted molar refractivity (Wildman–Crippen MR) is 76.9 cm³/mol. The topological polar surface area (TPSA) is 91.3 Å². The van der Waals surface area contributed by atoms with Crippen LogP contribution in [0.4, 0.5) is 5.82 Å². The number of aryl methyl sites for hydroxylation is 1. The zero-order chi connectivity index (χ0) is 15.1. The van der Waals surface area contributed by atoms with Gasteiger partial charge in [-0.3, -0.25) is 4.79 Å². The minimum atomic E-state index is -0.991. The Bertz CT molecular complexity index is 487. The third kappa shape index (κ3) is 5.26. The van der Waals surface area contributed by atoms with Gasteiger partial charge in [0, 0.05) is 19.5 Å². The number of pyridine rings is 1. The first kappa shape index (κ1) is 15.9. The number of aromatic nitrogens is 1. The van der Waals surface area contributed by atoms with Crippen LogP contribution in [0.1, 0.15) is 36.3 Å². The fourth-order valence-corrected chi connectivity index (χ4v) is 1.60. The van der Waals surface area contributed by atoms with Crippen molar-refractivity contribution in [2.45, 2.75) is 27.2 Å². The minimum Gasteiger partial charge on any atom is -0.478 e. The van der Waals surface area contributed by atoms with Crippen LogP contribution in [0.3, 0.4) is 0 Å². The summed E-state index contributed by atoms with van der Waals surface area (Å²) in [4.78, 5) is 26.5. The summed E-state index contributed by atoms with van der Waals surface area (Å²) in [7, 11) is 0. The average molecular weight is 279 g/mol. The van der Waals surface area contributed by atoms with Crippen LogP contribution in [0.15, 0.2) is 12.1 Å². The smallest absolute Gasteiger partial charge is 0.337 e. The van der Waals surface area contributed by atoms with E-state index in [0.717, 1.165) is 0 Å². The number of hydrogen-bond acceptors (Lipinski definition) is 4. The molecule has 110 valence electrons. The zero-order valence-corrected chi connectivity index (χ0v) is 12.1. The van der Waals surface area contributed by atoms with Crippen LogP contribution < -0.4 is 10.6 Å². The molecule has 0 aliphatic carbocycles. The molecule has 1 rings (SSSR count). The van der Waals surface area contributed by atoms with Gasteiger partial charge in [0.1, 0.15) is 5.82 Å². The summed E-state index contributed by atoms with van der Waals surface area (Å²) in [5.74, 6) is 0.00337. The monoisotopic (exact) mass is 279 g/mol. The molecule has 0 aliphatic rings. The number of nitrogens with zero attached hydrogens (tertiary/aromatic N) is 1. The quantitative estimate of drug-likeness (QED) is 0.706. The Morgan fingerprint density at radius 3 is 2.60 bits per heavy atom. The maximum absolute atomic E-state index is 11.5. The van der Waals surface area contributed by atoms with Gasteiger partial charge in [-0.25, -0.2) is 9.78 Å². The van der Waals surface area contributed by atoms with E-state index in [1.165, 1.54) is 6.07 Å². The van der Waals surface area contributed by atoms with Crippen molar-refractivity contribution in [3.05, 3.63) is 23.4 Å². The van der Waals surface area contributed by atoms with Crippen molar-refractivity contribution in [2.24, 2.45) is 5.92 Å². The van der Waals surface area contributed by atoms with Gasteiger partial charge < -0.3 is 15.7 Å². The van der Waals surface area contributed by atoms with E-state index in [9.17, 15) is 9.59 Å². The first-order valence-corrected chi connectivity index (χ1v) is 6.61. The summed E-state index contributed by atoms with van der Waals surface area (Å²) in [6.07, 6.45) is 0.355. The Morgan fingerprint density at radius 2 is 2.05 bits per heavy atom. The number of anilines is 1. The number of carbonyl (C=O) groups is 2. The molecule has 0 saturated heterocycles. The zero-order valence-electron chi connectivity index (χ0n) is 12.1. The molecular formula is C14H21N3O3. The highest BCUT2D eigenvalue weighted by molar-refractivity contribution is 5.89. The first-order chi connectivity index (χ1) is 9.40. The predicted octanol–water partition coefficient (Wildman–Crippen LogP) is 1.66. The Balaban J connectivity index is 2.41. The molecule has 0 saturated carbocycles. The molecule has 1 aromatic heterocycles. The summed E-state index contributed by atoms with van der Waals surface area (Å²) >= 11 is 0. The van der Waals surface area contributed by atoms with E-state index < -0.39 is 5.97 Å². The maximum atomic E-state index is 11.5. The molecule has 0 unspecified atom stereocenters. The molecule has 0 fully saturated rings. The van der Waals surface area contributed by atoms with Gasteiger partial charge in [-0.1, -0.05) is 13.8 Å². The second kappa shape index (κ2) is 7.47. The molecule has 1 heterocycles. The van der Waals surface area contributed by atoms with Crippen LogP contribution in [0.2, 0.25) is 0 Å². The molecule has 0 bridgehead atoms. The molecule has 0 spiro atoms. The lowest BCUT2D eigenvalue weighted by molar-refractivity contribution is -0.120. The number of amides is 1. The fourth-order valence-electron chi connectivity index (χ4n) is 1.60. The van der Waals surface area contributed by atoms with Crippen molar-refractivity contribution in [2.75, 3.05) is 18.4 Å². The van der Waals surface area contributed by atoms with Crippen LogP contribution in [-0.4, -0.2) is 35.1 Å². The lowest BCUT2D eigenvalue weighted by Crippen LogP contribution is -2.28. The number of carboxylic acid groups (broad SMARTS) is 1.